The number of nitrogens with zero attached hydrogens (tertiary/aromatic N) is 4. The summed E-state index contributed by atoms with van der Waals surface area (Å²) < 4.78 is 2.31. The number of urea groups is 1. The molecule has 0 bridgehead atoms. The summed E-state index contributed by atoms with van der Waals surface area (Å²) in [6, 6.07) is 0.667. The topological polar surface area (TPSA) is 63.1 Å². The molecule has 1 unspecified atom stereocenters. The molecule has 0 spiro atoms. The summed E-state index contributed by atoms with van der Waals surface area (Å²) in [6.07, 6.45) is 12.0. The van der Waals surface area contributed by atoms with Gasteiger partial charge in [-0.15, -0.1) is 10.2 Å². The number of carbonyl (C=O) groups is 1. The van der Waals surface area contributed by atoms with E-state index < -0.39 is 0 Å². The van der Waals surface area contributed by atoms with Gasteiger partial charge >= 0.3 is 6.03 Å². The second-order valence-electron chi connectivity index (χ2n) is 8.44. The summed E-state index contributed by atoms with van der Waals surface area (Å²) in [5.74, 6) is 3.62. The third-order valence-corrected chi connectivity index (χ3v) is 6.50. The molecule has 136 valence electrons. The van der Waals surface area contributed by atoms with Gasteiger partial charge in [0.05, 0.1) is 6.04 Å². The molecule has 6 nitrogen and oxygen atoms in total. The summed E-state index contributed by atoms with van der Waals surface area (Å²) in [6.45, 7) is 1.86. The number of nitrogens with one attached hydrogen (secondary N) is 1. The first-order valence-corrected chi connectivity index (χ1v) is 10.3. The fraction of sp³-hybridized carbons (Fsp3) is 0.842. The average Bonchev–Trinajstić information content (AvgIpc) is 3.53. The van der Waals surface area contributed by atoms with E-state index in [4.69, 9.17) is 0 Å². The van der Waals surface area contributed by atoms with Crippen LogP contribution in [0.25, 0.3) is 0 Å². The Morgan fingerprint density at radius 2 is 1.76 bits per heavy atom. The molecule has 1 N–H and O–H groups in total. The highest BCUT2D eigenvalue weighted by atomic mass is 16.2. The number of amides is 2. The van der Waals surface area contributed by atoms with Gasteiger partial charge in [0.15, 0.2) is 5.82 Å². The van der Waals surface area contributed by atoms with Gasteiger partial charge < -0.3 is 14.8 Å². The van der Waals surface area contributed by atoms with Crippen LogP contribution in [0.5, 0.6) is 0 Å². The second-order valence-corrected chi connectivity index (χ2v) is 8.44. The minimum Gasteiger partial charge on any atom is -0.335 e. The van der Waals surface area contributed by atoms with Crippen LogP contribution in [0.3, 0.4) is 0 Å². The first-order valence-electron chi connectivity index (χ1n) is 10.3. The number of hydrogen-bond donors (Lipinski definition) is 1. The van der Waals surface area contributed by atoms with E-state index in [1.54, 1.807) is 0 Å². The van der Waals surface area contributed by atoms with Crippen LogP contribution in [0.2, 0.25) is 0 Å². The monoisotopic (exact) mass is 343 g/mol. The molecule has 3 heterocycles. The van der Waals surface area contributed by atoms with E-state index in [1.165, 1.54) is 44.9 Å². The lowest BCUT2D eigenvalue weighted by Gasteiger charge is -2.28. The number of aryl methyl sites for hydroxylation is 1. The van der Waals surface area contributed by atoms with Crippen molar-refractivity contribution in [2.24, 2.45) is 11.8 Å². The van der Waals surface area contributed by atoms with Crippen LogP contribution in [0.15, 0.2) is 0 Å². The molecule has 1 aromatic heterocycles. The van der Waals surface area contributed by atoms with Gasteiger partial charge in [-0.2, -0.15) is 0 Å². The molecule has 3 fully saturated rings. The molecule has 2 aliphatic heterocycles. The highest BCUT2D eigenvalue weighted by Gasteiger charge is 2.44. The minimum atomic E-state index is 0.110. The summed E-state index contributed by atoms with van der Waals surface area (Å²) in [5, 5.41) is 12.4. The number of aromatic nitrogens is 3. The zero-order valence-electron chi connectivity index (χ0n) is 15.0. The van der Waals surface area contributed by atoms with Crippen molar-refractivity contribution in [2.75, 3.05) is 6.54 Å². The lowest BCUT2D eigenvalue weighted by molar-refractivity contribution is 0.182. The predicted molar refractivity (Wildman–Crippen MR) is 94.0 cm³/mol. The Hall–Kier alpha value is -1.59. The smallest absolute Gasteiger partial charge is 0.318 e. The molecular formula is C19H29N5O. The molecule has 1 aromatic rings. The Labute approximate surface area is 149 Å². The highest BCUT2D eigenvalue weighted by molar-refractivity contribution is 5.75. The van der Waals surface area contributed by atoms with Crippen LogP contribution in [0.4, 0.5) is 4.79 Å². The van der Waals surface area contributed by atoms with E-state index in [9.17, 15) is 4.79 Å². The molecule has 1 saturated heterocycles. The van der Waals surface area contributed by atoms with Crippen molar-refractivity contribution in [3.8, 4) is 0 Å². The number of carbonyl (C=O) groups excluding carboxylic acids is 1. The second kappa shape index (κ2) is 6.29. The number of fused-ring (bicyclic) bond motifs is 1. The normalized spacial score (nSPS) is 26.6. The van der Waals surface area contributed by atoms with Crippen molar-refractivity contribution < 1.29 is 4.79 Å². The van der Waals surface area contributed by atoms with E-state index in [0.717, 1.165) is 55.8 Å². The molecule has 25 heavy (non-hydrogen) atoms. The number of rotatable bonds is 4. The molecule has 0 aromatic carbocycles. The maximum atomic E-state index is 13.0. The predicted octanol–water partition coefficient (Wildman–Crippen LogP) is 3.04. The molecule has 2 saturated carbocycles. The number of likely N-dealkylation sites (tertiary alicyclic amines) is 1. The van der Waals surface area contributed by atoms with E-state index in [2.05, 4.69) is 20.1 Å². The van der Waals surface area contributed by atoms with Gasteiger partial charge in [0.1, 0.15) is 5.82 Å². The van der Waals surface area contributed by atoms with Crippen LogP contribution in [0.1, 0.15) is 75.5 Å². The van der Waals surface area contributed by atoms with E-state index in [-0.39, 0.29) is 12.1 Å². The lowest BCUT2D eigenvalue weighted by atomic mass is 10.1. The van der Waals surface area contributed by atoms with E-state index in [1.807, 2.05) is 4.90 Å². The van der Waals surface area contributed by atoms with Gasteiger partial charge in [-0.1, -0.05) is 6.42 Å². The molecule has 2 amide bonds. The third-order valence-electron chi connectivity index (χ3n) is 6.50. The average molecular weight is 343 g/mol. The van der Waals surface area contributed by atoms with Crippen LogP contribution in [-0.4, -0.2) is 38.3 Å². The van der Waals surface area contributed by atoms with E-state index in [0.29, 0.717) is 6.04 Å². The molecule has 5 rings (SSSR count). The first-order chi connectivity index (χ1) is 12.3. The van der Waals surface area contributed by atoms with Crippen LogP contribution in [0, 0.1) is 11.8 Å². The summed E-state index contributed by atoms with van der Waals surface area (Å²) in [5.41, 5.74) is 0. The molecule has 1 atom stereocenters. The standard InChI is InChI=1S/C19H29N5O/c25-19(20-17(13-7-8-13)14-9-10-14)23-12-4-5-15(23)18-22-21-16-6-2-1-3-11-24(16)18/h13-15,17H,1-12H2,(H,20,25). The van der Waals surface area contributed by atoms with Gasteiger partial charge in [-0.25, -0.2) is 4.79 Å². The summed E-state index contributed by atoms with van der Waals surface area (Å²) in [7, 11) is 0. The Bertz CT molecular complexity index is 636. The Kier molecular flexibility index (Phi) is 3.94. The first kappa shape index (κ1) is 15.6. The van der Waals surface area contributed by atoms with Crippen molar-refractivity contribution in [1.82, 2.24) is 25.0 Å². The zero-order chi connectivity index (χ0) is 16.8. The Balaban J connectivity index is 1.33. The summed E-state index contributed by atoms with van der Waals surface area (Å²) >= 11 is 0. The van der Waals surface area contributed by atoms with Crippen LogP contribution < -0.4 is 5.32 Å². The lowest BCUT2D eigenvalue weighted by Crippen LogP contribution is -2.46. The maximum absolute atomic E-state index is 13.0. The van der Waals surface area contributed by atoms with Gasteiger partial charge in [-0.05, 0) is 63.2 Å². The van der Waals surface area contributed by atoms with Crippen molar-refractivity contribution in [1.29, 1.82) is 0 Å². The third kappa shape index (κ3) is 3.04. The molecule has 6 heteroatoms. The zero-order valence-corrected chi connectivity index (χ0v) is 15.0. The van der Waals surface area contributed by atoms with Gasteiger partial charge in [0, 0.05) is 25.6 Å². The fourth-order valence-corrected chi connectivity index (χ4v) is 4.79. The molecule has 4 aliphatic rings. The Morgan fingerprint density at radius 3 is 2.52 bits per heavy atom. The summed E-state index contributed by atoms with van der Waals surface area (Å²) in [4.78, 5) is 15.1. The highest BCUT2D eigenvalue weighted by Crippen LogP contribution is 2.45. The van der Waals surface area contributed by atoms with Gasteiger partial charge in [0.2, 0.25) is 0 Å². The van der Waals surface area contributed by atoms with Gasteiger partial charge in [0.25, 0.3) is 0 Å². The Morgan fingerprint density at radius 1 is 0.960 bits per heavy atom. The van der Waals surface area contributed by atoms with Crippen molar-refractivity contribution in [2.45, 2.75) is 82.8 Å². The molecule has 0 radical (unpaired) electrons. The van der Waals surface area contributed by atoms with Gasteiger partial charge in [-0.3, -0.25) is 0 Å². The largest absolute Gasteiger partial charge is 0.335 e. The SMILES string of the molecule is O=C(NC(C1CC1)C1CC1)N1CCCC1c1nnc2n1CCCCC2. The molecular weight excluding hydrogens is 314 g/mol. The quantitative estimate of drug-likeness (QED) is 0.914. The van der Waals surface area contributed by atoms with Crippen LogP contribution >= 0.6 is 0 Å². The number of hydrogen-bond acceptors (Lipinski definition) is 3. The van der Waals surface area contributed by atoms with Crippen LogP contribution in [-0.2, 0) is 13.0 Å². The van der Waals surface area contributed by atoms with Crippen molar-refractivity contribution >= 4 is 6.03 Å². The van der Waals surface area contributed by atoms with Crippen molar-refractivity contribution in [3.05, 3.63) is 11.6 Å². The fourth-order valence-electron chi connectivity index (χ4n) is 4.79. The van der Waals surface area contributed by atoms with E-state index >= 15 is 0 Å². The maximum Gasteiger partial charge on any atom is 0.318 e. The van der Waals surface area contributed by atoms with Crippen molar-refractivity contribution in [3.63, 3.8) is 0 Å². The minimum absolute atomic E-state index is 0.110. The molecule has 2 aliphatic carbocycles.